The molecule has 1 atom stereocenters. The van der Waals surface area contributed by atoms with Crippen LogP contribution in [0.15, 0.2) is 29.2 Å². The Balaban J connectivity index is 2.33. The molecule has 1 aromatic carbocycles. The predicted molar refractivity (Wildman–Crippen MR) is 73.7 cm³/mol. The molecule has 2 rings (SSSR count). The number of rotatable bonds is 3. The monoisotopic (exact) mass is 339 g/mol. The Hall–Kier alpha value is -1.15. The molecule has 1 aliphatic heterocycles. The minimum atomic E-state index is -4.56. The first-order valence-corrected chi connectivity index (χ1v) is 8.36. The lowest BCUT2D eigenvalue weighted by Crippen LogP contribution is -2.44. The van der Waals surface area contributed by atoms with Gasteiger partial charge in [0, 0.05) is 5.92 Å². The molecule has 0 spiro atoms. The Morgan fingerprint density at radius 1 is 1.05 bits per heavy atom. The van der Waals surface area contributed by atoms with Crippen molar-refractivity contribution in [2.24, 2.45) is 5.92 Å². The average Bonchev–Trinajstić information content (AvgIpc) is 2.47. The summed E-state index contributed by atoms with van der Waals surface area (Å²) >= 11 is 0. The molecule has 1 N–H and O–H groups in total. The highest BCUT2D eigenvalue weighted by molar-refractivity contribution is 7.92. The Labute approximate surface area is 126 Å². The van der Waals surface area contributed by atoms with Crippen LogP contribution >= 0.6 is 0 Å². The van der Waals surface area contributed by atoms with Crippen LogP contribution in [0.25, 0.3) is 0 Å². The molecule has 0 amide bonds. The number of sulfone groups is 1. The van der Waals surface area contributed by atoms with Crippen molar-refractivity contribution in [1.82, 2.24) is 5.32 Å². The Kier molecular flexibility index (Phi) is 4.54. The van der Waals surface area contributed by atoms with E-state index in [-0.39, 0.29) is 0 Å². The van der Waals surface area contributed by atoms with Crippen molar-refractivity contribution in [2.45, 2.75) is 35.8 Å². The number of benzene rings is 1. The van der Waals surface area contributed by atoms with Crippen molar-refractivity contribution in [3.8, 4) is 0 Å². The van der Waals surface area contributed by atoms with Crippen molar-refractivity contribution in [1.29, 1.82) is 0 Å². The van der Waals surface area contributed by atoms with Crippen LogP contribution in [0.5, 0.6) is 0 Å². The molecule has 22 heavy (non-hydrogen) atoms. The minimum absolute atomic E-state index is 0.368. The molecule has 1 aliphatic rings. The molecule has 0 aliphatic carbocycles. The summed E-state index contributed by atoms with van der Waals surface area (Å²) < 4.78 is 77.3. The molecule has 1 aromatic rings. The van der Waals surface area contributed by atoms with Gasteiger partial charge in [0.25, 0.3) is 0 Å². The Bertz CT molecular complexity index is 617. The van der Waals surface area contributed by atoms with Crippen LogP contribution in [0.2, 0.25) is 0 Å². The summed E-state index contributed by atoms with van der Waals surface area (Å²) in [6.07, 6.45) is -3.82. The second kappa shape index (κ2) is 5.81. The van der Waals surface area contributed by atoms with Gasteiger partial charge in [-0.25, -0.2) is 12.8 Å². The fourth-order valence-corrected chi connectivity index (χ4v) is 4.24. The molecule has 124 valence electrons. The van der Waals surface area contributed by atoms with E-state index in [0.717, 1.165) is 19.1 Å². The molecule has 1 unspecified atom stereocenters. The van der Waals surface area contributed by atoms with E-state index in [1.807, 2.05) is 0 Å². The maximum Gasteiger partial charge on any atom is 0.416 e. The first-order chi connectivity index (χ1) is 10.1. The van der Waals surface area contributed by atoms with Crippen LogP contribution in [0.1, 0.15) is 25.3 Å². The van der Waals surface area contributed by atoms with E-state index in [2.05, 4.69) is 5.32 Å². The first kappa shape index (κ1) is 17.2. The van der Waals surface area contributed by atoms with E-state index >= 15 is 0 Å². The van der Waals surface area contributed by atoms with Gasteiger partial charge in [-0.2, -0.15) is 13.2 Å². The summed E-state index contributed by atoms with van der Waals surface area (Å²) in [5.41, 5.74) is -0.964. The second-order valence-electron chi connectivity index (χ2n) is 5.54. The molecular weight excluding hydrogens is 322 g/mol. The molecule has 1 saturated heterocycles. The minimum Gasteiger partial charge on any atom is -0.317 e. The number of nitrogens with one attached hydrogen (secondary N) is 1. The predicted octanol–water partition coefficient (Wildman–Crippen LogP) is 3.16. The lowest BCUT2D eigenvalue weighted by atomic mass is 9.93. The van der Waals surface area contributed by atoms with Gasteiger partial charge < -0.3 is 5.32 Å². The molecule has 8 heteroatoms. The first-order valence-electron chi connectivity index (χ1n) is 6.88. The smallest absolute Gasteiger partial charge is 0.317 e. The fourth-order valence-electron chi connectivity index (χ4n) is 2.61. The Morgan fingerprint density at radius 3 is 2.00 bits per heavy atom. The third-order valence-corrected chi connectivity index (χ3v) is 6.36. The number of halogens is 4. The molecule has 0 aromatic heterocycles. The molecule has 1 fully saturated rings. The zero-order chi connectivity index (χ0) is 16.6. The highest BCUT2D eigenvalue weighted by Gasteiger charge is 2.47. The number of hydrogen-bond donors (Lipinski definition) is 1. The average molecular weight is 339 g/mol. The van der Waals surface area contributed by atoms with E-state index in [9.17, 15) is 26.0 Å². The molecule has 3 nitrogen and oxygen atoms in total. The standard InChI is InChI=1S/C14H17F4NO2S/c1-13(15,10-6-8-19-9-7-10)22(20,21)12-4-2-11(3-5-12)14(16,17)18/h2-5,10,19H,6-9H2,1H3. The fraction of sp³-hybridized carbons (Fsp3) is 0.571. The van der Waals surface area contributed by atoms with Crippen LogP contribution in [0.3, 0.4) is 0 Å². The maximum absolute atomic E-state index is 14.9. The van der Waals surface area contributed by atoms with Crippen LogP contribution in [-0.2, 0) is 16.0 Å². The largest absolute Gasteiger partial charge is 0.416 e. The quantitative estimate of drug-likeness (QED) is 0.861. The van der Waals surface area contributed by atoms with E-state index in [0.29, 0.717) is 38.1 Å². The van der Waals surface area contributed by atoms with Gasteiger partial charge >= 0.3 is 6.18 Å². The molecule has 0 bridgehead atoms. The van der Waals surface area contributed by atoms with E-state index in [1.54, 1.807) is 0 Å². The lowest BCUT2D eigenvalue weighted by Gasteiger charge is -2.33. The molecular formula is C14H17F4NO2S. The third kappa shape index (κ3) is 3.12. The zero-order valence-electron chi connectivity index (χ0n) is 12.0. The molecule has 0 radical (unpaired) electrons. The van der Waals surface area contributed by atoms with Gasteiger partial charge in [-0.05, 0) is 57.1 Å². The normalized spacial score (nSPS) is 20.6. The van der Waals surface area contributed by atoms with Crippen molar-refractivity contribution in [2.75, 3.05) is 13.1 Å². The number of piperidine rings is 1. The second-order valence-corrected chi connectivity index (χ2v) is 7.81. The summed E-state index contributed by atoms with van der Waals surface area (Å²) in [5.74, 6) is -0.680. The summed E-state index contributed by atoms with van der Waals surface area (Å²) in [5, 5.41) is 0.511. The highest BCUT2D eigenvalue weighted by Crippen LogP contribution is 2.39. The molecule has 1 heterocycles. The highest BCUT2D eigenvalue weighted by atomic mass is 32.2. The van der Waals surface area contributed by atoms with Gasteiger partial charge in [-0.15, -0.1) is 0 Å². The van der Waals surface area contributed by atoms with Crippen LogP contribution in [0.4, 0.5) is 17.6 Å². The van der Waals surface area contributed by atoms with Gasteiger partial charge in [0.1, 0.15) is 0 Å². The van der Waals surface area contributed by atoms with Gasteiger partial charge in [0.05, 0.1) is 10.5 Å². The van der Waals surface area contributed by atoms with E-state index in [1.165, 1.54) is 0 Å². The van der Waals surface area contributed by atoms with Crippen LogP contribution < -0.4 is 5.32 Å². The Morgan fingerprint density at radius 2 is 1.55 bits per heavy atom. The SMILES string of the molecule is CC(F)(C1CCNCC1)S(=O)(=O)c1ccc(C(F)(F)F)cc1. The van der Waals surface area contributed by atoms with Crippen LogP contribution in [-0.4, -0.2) is 26.5 Å². The topological polar surface area (TPSA) is 46.2 Å². The van der Waals surface area contributed by atoms with Crippen molar-refractivity contribution >= 4 is 9.84 Å². The van der Waals surface area contributed by atoms with E-state index < -0.39 is 37.4 Å². The number of hydrogen-bond acceptors (Lipinski definition) is 3. The summed E-state index contributed by atoms with van der Waals surface area (Å²) in [6, 6.07) is 2.95. The van der Waals surface area contributed by atoms with Gasteiger partial charge in [-0.3, -0.25) is 0 Å². The van der Waals surface area contributed by atoms with Crippen molar-refractivity contribution in [3.63, 3.8) is 0 Å². The van der Waals surface area contributed by atoms with Crippen molar-refractivity contribution < 1.29 is 26.0 Å². The lowest BCUT2D eigenvalue weighted by molar-refractivity contribution is -0.137. The van der Waals surface area contributed by atoms with Gasteiger partial charge in [0.15, 0.2) is 0 Å². The summed E-state index contributed by atoms with van der Waals surface area (Å²) in [4.78, 5) is -0.427. The summed E-state index contributed by atoms with van der Waals surface area (Å²) in [7, 11) is -4.36. The van der Waals surface area contributed by atoms with Gasteiger partial charge in [0.2, 0.25) is 14.8 Å². The summed E-state index contributed by atoms with van der Waals surface area (Å²) in [6.45, 7) is 2.04. The van der Waals surface area contributed by atoms with Crippen LogP contribution in [0, 0.1) is 5.92 Å². The maximum atomic E-state index is 14.9. The zero-order valence-corrected chi connectivity index (χ0v) is 12.8. The van der Waals surface area contributed by atoms with Crippen molar-refractivity contribution in [3.05, 3.63) is 29.8 Å². The van der Waals surface area contributed by atoms with Gasteiger partial charge in [-0.1, -0.05) is 0 Å². The molecule has 0 saturated carbocycles. The van der Waals surface area contributed by atoms with E-state index in [4.69, 9.17) is 0 Å². The number of alkyl halides is 4. The third-order valence-electron chi connectivity index (χ3n) is 4.09.